The van der Waals surface area contributed by atoms with E-state index < -0.39 is 4.92 Å². The topological polar surface area (TPSA) is 94.4 Å². The summed E-state index contributed by atoms with van der Waals surface area (Å²) < 4.78 is 6.15. The summed E-state index contributed by atoms with van der Waals surface area (Å²) in [5.41, 5.74) is 1.83. The second kappa shape index (κ2) is 8.13. The van der Waals surface area contributed by atoms with Crippen molar-refractivity contribution < 1.29 is 14.5 Å². The Morgan fingerprint density at radius 1 is 1.30 bits per heavy atom. The number of non-ortho nitro benzene ring substituents is 1. The van der Waals surface area contributed by atoms with E-state index in [1.807, 2.05) is 24.3 Å². The molecule has 0 aliphatic heterocycles. The minimum Gasteiger partial charge on any atom is -0.484 e. The standard InChI is InChI=1S/C19H19N3O4S/c1-3-12(2)13-4-7-15(8-5-13)26-11-18(23)21-19-20-16-9-6-14(22(24)25)10-17(16)27-19/h4-10,12H,3,11H2,1-2H3,(H,20,21,23)/t12-/m0/s1. The number of nitrogens with zero attached hydrogens (tertiary/aromatic N) is 2. The molecular weight excluding hydrogens is 366 g/mol. The van der Waals surface area contributed by atoms with Gasteiger partial charge in [-0.25, -0.2) is 4.98 Å². The molecule has 0 aliphatic rings. The number of fused-ring (bicyclic) bond motifs is 1. The first kappa shape index (κ1) is 18.8. The lowest BCUT2D eigenvalue weighted by Gasteiger charge is -2.10. The maximum atomic E-state index is 12.1. The number of carbonyl (C=O) groups excluding carboxylic acids is 1. The van der Waals surface area contributed by atoms with Crippen molar-refractivity contribution in [3.8, 4) is 5.75 Å². The molecule has 0 bridgehead atoms. The van der Waals surface area contributed by atoms with Gasteiger partial charge in [-0.05, 0) is 36.1 Å². The number of nitro benzene ring substituents is 1. The monoisotopic (exact) mass is 385 g/mol. The highest BCUT2D eigenvalue weighted by Gasteiger charge is 2.12. The van der Waals surface area contributed by atoms with Crippen molar-refractivity contribution >= 4 is 38.3 Å². The molecule has 0 aliphatic carbocycles. The molecule has 0 saturated heterocycles. The van der Waals surface area contributed by atoms with Gasteiger partial charge in [0.2, 0.25) is 0 Å². The SMILES string of the molecule is CC[C@H](C)c1ccc(OCC(=O)Nc2nc3ccc([N+](=O)[O-])cc3s2)cc1. The summed E-state index contributed by atoms with van der Waals surface area (Å²) in [5, 5.41) is 13.9. The van der Waals surface area contributed by atoms with Crippen LogP contribution >= 0.6 is 11.3 Å². The van der Waals surface area contributed by atoms with Crippen molar-refractivity contribution in [2.24, 2.45) is 0 Å². The van der Waals surface area contributed by atoms with Gasteiger partial charge in [0.25, 0.3) is 11.6 Å². The molecule has 0 radical (unpaired) electrons. The normalized spacial score (nSPS) is 11.9. The second-order valence-electron chi connectivity index (χ2n) is 6.14. The summed E-state index contributed by atoms with van der Waals surface area (Å²) in [7, 11) is 0. The summed E-state index contributed by atoms with van der Waals surface area (Å²) in [6, 6.07) is 12.1. The number of hydrogen-bond donors (Lipinski definition) is 1. The summed E-state index contributed by atoms with van der Waals surface area (Å²) in [4.78, 5) is 26.7. The maximum Gasteiger partial charge on any atom is 0.270 e. The second-order valence-corrected chi connectivity index (χ2v) is 7.17. The molecule has 2 aromatic carbocycles. The highest BCUT2D eigenvalue weighted by atomic mass is 32.1. The summed E-state index contributed by atoms with van der Waals surface area (Å²) in [5.74, 6) is 0.767. The minimum atomic E-state index is -0.461. The van der Waals surface area contributed by atoms with E-state index in [1.165, 1.54) is 29.0 Å². The molecule has 27 heavy (non-hydrogen) atoms. The van der Waals surface area contributed by atoms with Crippen molar-refractivity contribution in [1.29, 1.82) is 0 Å². The van der Waals surface area contributed by atoms with Gasteiger partial charge in [-0.2, -0.15) is 0 Å². The fraction of sp³-hybridized carbons (Fsp3) is 0.263. The average molecular weight is 385 g/mol. The lowest BCUT2D eigenvalue weighted by atomic mass is 9.99. The van der Waals surface area contributed by atoms with Gasteiger partial charge < -0.3 is 4.74 Å². The third-order valence-corrected chi connectivity index (χ3v) is 5.19. The van der Waals surface area contributed by atoms with E-state index >= 15 is 0 Å². The Bertz CT molecular complexity index is 969. The number of hydrogen-bond acceptors (Lipinski definition) is 6. The molecule has 0 fully saturated rings. The average Bonchev–Trinajstić information content (AvgIpc) is 3.07. The third kappa shape index (κ3) is 4.59. The van der Waals surface area contributed by atoms with Crippen LogP contribution in [0.15, 0.2) is 42.5 Å². The Hall–Kier alpha value is -3.00. The third-order valence-electron chi connectivity index (χ3n) is 4.26. The summed E-state index contributed by atoms with van der Waals surface area (Å²) >= 11 is 1.18. The van der Waals surface area contributed by atoms with Crippen LogP contribution in [0.1, 0.15) is 31.7 Å². The fourth-order valence-corrected chi connectivity index (χ4v) is 3.43. The molecule has 0 unspecified atom stereocenters. The van der Waals surface area contributed by atoms with E-state index in [0.717, 1.165) is 6.42 Å². The molecule has 140 valence electrons. The first-order valence-electron chi connectivity index (χ1n) is 8.54. The Labute approximate surface area is 160 Å². The zero-order valence-electron chi connectivity index (χ0n) is 15.0. The van der Waals surface area contributed by atoms with E-state index in [2.05, 4.69) is 24.1 Å². The lowest BCUT2D eigenvalue weighted by Crippen LogP contribution is -2.20. The van der Waals surface area contributed by atoms with E-state index in [9.17, 15) is 14.9 Å². The molecule has 0 saturated carbocycles. The van der Waals surface area contributed by atoms with Crippen molar-refractivity contribution in [3.63, 3.8) is 0 Å². The predicted octanol–water partition coefficient (Wildman–Crippen LogP) is 4.74. The number of benzene rings is 2. The number of rotatable bonds is 7. The van der Waals surface area contributed by atoms with Crippen LogP contribution in [0.2, 0.25) is 0 Å². The molecule has 1 N–H and O–H groups in total. The Morgan fingerprint density at radius 2 is 2.04 bits per heavy atom. The molecule has 1 amide bonds. The zero-order valence-corrected chi connectivity index (χ0v) is 15.8. The quantitative estimate of drug-likeness (QED) is 0.468. The Morgan fingerprint density at radius 3 is 2.70 bits per heavy atom. The number of aromatic nitrogens is 1. The van der Waals surface area contributed by atoms with Crippen LogP contribution in [0.3, 0.4) is 0 Å². The van der Waals surface area contributed by atoms with E-state index in [-0.39, 0.29) is 18.2 Å². The van der Waals surface area contributed by atoms with Gasteiger partial charge in [-0.1, -0.05) is 37.3 Å². The number of ether oxygens (including phenoxy) is 1. The summed E-state index contributed by atoms with van der Waals surface area (Å²) in [6.07, 6.45) is 1.06. The maximum absolute atomic E-state index is 12.1. The smallest absolute Gasteiger partial charge is 0.270 e. The van der Waals surface area contributed by atoms with Gasteiger partial charge in [0.05, 0.1) is 15.1 Å². The molecule has 3 aromatic rings. The van der Waals surface area contributed by atoms with Gasteiger partial charge in [0.15, 0.2) is 11.7 Å². The molecule has 0 spiro atoms. The van der Waals surface area contributed by atoms with E-state index in [4.69, 9.17) is 4.74 Å². The van der Waals surface area contributed by atoms with Crippen LogP contribution in [-0.4, -0.2) is 22.4 Å². The highest BCUT2D eigenvalue weighted by molar-refractivity contribution is 7.22. The van der Waals surface area contributed by atoms with Crippen molar-refractivity contribution in [2.45, 2.75) is 26.2 Å². The van der Waals surface area contributed by atoms with Gasteiger partial charge in [0.1, 0.15) is 5.75 Å². The molecule has 1 atom stereocenters. The van der Waals surface area contributed by atoms with Crippen molar-refractivity contribution in [3.05, 3.63) is 58.1 Å². The number of carbonyl (C=O) groups is 1. The first-order valence-corrected chi connectivity index (χ1v) is 9.35. The number of thiazole rings is 1. The van der Waals surface area contributed by atoms with Gasteiger partial charge >= 0.3 is 0 Å². The van der Waals surface area contributed by atoms with E-state index in [0.29, 0.717) is 27.0 Å². The predicted molar refractivity (Wildman–Crippen MR) is 106 cm³/mol. The number of anilines is 1. The van der Waals surface area contributed by atoms with Crippen LogP contribution < -0.4 is 10.1 Å². The lowest BCUT2D eigenvalue weighted by molar-refractivity contribution is -0.384. The van der Waals surface area contributed by atoms with E-state index in [1.54, 1.807) is 6.07 Å². The molecule has 1 heterocycles. The zero-order chi connectivity index (χ0) is 19.4. The number of amides is 1. The number of nitrogens with one attached hydrogen (secondary N) is 1. The molecule has 8 heteroatoms. The largest absolute Gasteiger partial charge is 0.484 e. The van der Waals surface area contributed by atoms with Crippen molar-refractivity contribution in [1.82, 2.24) is 4.98 Å². The molecule has 3 rings (SSSR count). The Kier molecular flexibility index (Phi) is 5.66. The molecule has 1 aromatic heterocycles. The van der Waals surface area contributed by atoms with Gasteiger partial charge in [-0.15, -0.1) is 0 Å². The van der Waals surface area contributed by atoms with Crippen LogP contribution in [0, 0.1) is 10.1 Å². The van der Waals surface area contributed by atoms with Crippen molar-refractivity contribution in [2.75, 3.05) is 11.9 Å². The highest BCUT2D eigenvalue weighted by Crippen LogP contribution is 2.29. The first-order chi connectivity index (χ1) is 13.0. The van der Waals surface area contributed by atoms with Crippen LogP contribution in [0.5, 0.6) is 5.75 Å². The van der Waals surface area contributed by atoms with Gasteiger partial charge in [-0.3, -0.25) is 20.2 Å². The molecule has 7 nitrogen and oxygen atoms in total. The molecular formula is C19H19N3O4S. The number of nitro groups is 1. The van der Waals surface area contributed by atoms with Gasteiger partial charge in [0, 0.05) is 12.1 Å². The Balaban J connectivity index is 1.59. The van der Waals surface area contributed by atoms with Crippen LogP contribution in [0.25, 0.3) is 10.2 Å². The minimum absolute atomic E-state index is 0.00630. The fourth-order valence-electron chi connectivity index (χ4n) is 2.51. The van der Waals surface area contributed by atoms with Crippen LogP contribution in [-0.2, 0) is 4.79 Å². The summed E-state index contributed by atoms with van der Waals surface area (Å²) in [6.45, 7) is 4.16. The van der Waals surface area contributed by atoms with Crippen LogP contribution in [0.4, 0.5) is 10.8 Å².